The van der Waals surface area contributed by atoms with Crippen molar-refractivity contribution in [2.24, 2.45) is 0 Å². The van der Waals surface area contributed by atoms with Crippen LogP contribution in [0.5, 0.6) is 0 Å². The Balaban J connectivity index is 2.21. The predicted octanol–water partition coefficient (Wildman–Crippen LogP) is 0.631. The van der Waals surface area contributed by atoms with E-state index in [1.807, 2.05) is 19.0 Å². The van der Waals surface area contributed by atoms with Crippen LogP contribution in [0.1, 0.15) is 6.42 Å². The molecule has 1 aromatic heterocycles. The van der Waals surface area contributed by atoms with Crippen molar-refractivity contribution in [3.05, 3.63) is 17.5 Å². The third-order valence-corrected chi connectivity index (χ3v) is 3.14. The van der Waals surface area contributed by atoms with Crippen LogP contribution >= 0.6 is 11.6 Å². The first-order chi connectivity index (χ1) is 8.08. The second kappa shape index (κ2) is 5.16. The molecule has 2 heterocycles. The molecular formula is C11H17ClN4O. The lowest BCUT2D eigenvalue weighted by molar-refractivity contribution is 0.191. The highest BCUT2D eigenvalue weighted by Crippen LogP contribution is 2.28. The average Bonchev–Trinajstić information content (AvgIpc) is 2.59. The summed E-state index contributed by atoms with van der Waals surface area (Å²) in [5.74, 6) is 0.664. The molecule has 0 saturated carbocycles. The van der Waals surface area contributed by atoms with Crippen molar-refractivity contribution in [3.8, 4) is 0 Å². The second-order valence-corrected chi connectivity index (χ2v) is 4.99. The van der Waals surface area contributed by atoms with E-state index in [1.165, 1.54) is 0 Å². The van der Waals surface area contributed by atoms with Crippen molar-refractivity contribution in [3.63, 3.8) is 0 Å². The molecule has 1 fully saturated rings. The van der Waals surface area contributed by atoms with Crippen molar-refractivity contribution < 1.29 is 5.11 Å². The molecule has 0 aromatic carbocycles. The van der Waals surface area contributed by atoms with E-state index in [0.717, 1.165) is 13.0 Å². The Bertz CT molecular complexity index is 387. The number of nitrogens with zero attached hydrogens (tertiary/aromatic N) is 4. The Hall–Kier alpha value is -0.910. The summed E-state index contributed by atoms with van der Waals surface area (Å²) in [6.07, 6.45) is 3.61. The number of anilines is 1. The minimum absolute atomic E-state index is 0.231. The number of hydrogen-bond acceptors (Lipinski definition) is 5. The second-order valence-electron chi connectivity index (χ2n) is 4.63. The number of rotatable bonds is 3. The van der Waals surface area contributed by atoms with Crippen molar-refractivity contribution in [1.29, 1.82) is 0 Å². The summed E-state index contributed by atoms with van der Waals surface area (Å²) in [5, 5.41) is 10.2. The van der Waals surface area contributed by atoms with Crippen molar-refractivity contribution >= 4 is 17.4 Å². The van der Waals surface area contributed by atoms with Crippen LogP contribution in [-0.2, 0) is 0 Å². The Kier molecular flexibility index (Phi) is 3.81. The van der Waals surface area contributed by atoms with Crippen LogP contribution in [0.4, 0.5) is 5.82 Å². The first-order valence-electron chi connectivity index (χ1n) is 5.64. The maximum Gasteiger partial charge on any atom is 0.171 e. The molecule has 0 amide bonds. The molecule has 1 N–H and O–H groups in total. The molecule has 2 unspecified atom stereocenters. The zero-order valence-electron chi connectivity index (χ0n) is 10.0. The average molecular weight is 257 g/mol. The van der Waals surface area contributed by atoms with E-state index in [4.69, 9.17) is 11.6 Å². The lowest BCUT2D eigenvalue weighted by Gasteiger charge is -2.27. The van der Waals surface area contributed by atoms with Gasteiger partial charge in [0, 0.05) is 31.5 Å². The van der Waals surface area contributed by atoms with Crippen LogP contribution in [0.3, 0.4) is 0 Å². The number of β-amino-alcohol motifs (C(OH)–C–C–N with tert-alkyl or cyclic N) is 1. The molecular weight excluding hydrogens is 240 g/mol. The highest BCUT2D eigenvalue weighted by Gasteiger charge is 2.33. The fourth-order valence-electron chi connectivity index (χ4n) is 2.25. The Labute approximate surface area is 106 Å². The molecule has 6 heteroatoms. The van der Waals surface area contributed by atoms with E-state index in [1.54, 1.807) is 12.4 Å². The zero-order chi connectivity index (χ0) is 12.4. The maximum absolute atomic E-state index is 9.78. The molecule has 94 valence electrons. The van der Waals surface area contributed by atoms with Gasteiger partial charge in [0.2, 0.25) is 0 Å². The summed E-state index contributed by atoms with van der Waals surface area (Å²) in [6.45, 7) is 1.43. The van der Waals surface area contributed by atoms with Gasteiger partial charge in [-0.3, -0.25) is 0 Å². The quantitative estimate of drug-likeness (QED) is 0.860. The van der Waals surface area contributed by atoms with Gasteiger partial charge >= 0.3 is 0 Å². The lowest BCUT2D eigenvalue weighted by Crippen LogP contribution is -2.38. The molecule has 0 bridgehead atoms. The Morgan fingerprint density at radius 3 is 2.82 bits per heavy atom. The van der Waals surface area contributed by atoms with Gasteiger partial charge in [0.1, 0.15) is 0 Å². The van der Waals surface area contributed by atoms with Gasteiger partial charge in [0.25, 0.3) is 0 Å². The van der Waals surface area contributed by atoms with Gasteiger partial charge in [-0.2, -0.15) is 0 Å². The van der Waals surface area contributed by atoms with E-state index in [9.17, 15) is 5.11 Å². The largest absolute Gasteiger partial charge is 0.391 e. The smallest absolute Gasteiger partial charge is 0.171 e. The molecule has 1 aromatic rings. The standard InChI is InChI=1S/C11H17ClN4O/c1-15(2)6-8-5-9(17)7-16(8)11-10(12)13-3-4-14-11/h3-4,8-9,17H,5-7H2,1-2H3. The third-order valence-electron chi connectivity index (χ3n) is 2.88. The van der Waals surface area contributed by atoms with Crippen molar-refractivity contribution in [1.82, 2.24) is 14.9 Å². The van der Waals surface area contributed by atoms with E-state index in [-0.39, 0.29) is 12.1 Å². The number of aliphatic hydroxyl groups is 1. The normalized spacial score (nSPS) is 24.6. The van der Waals surface area contributed by atoms with Crippen LogP contribution in [0.2, 0.25) is 5.15 Å². The molecule has 0 spiro atoms. The van der Waals surface area contributed by atoms with Crippen LogP contribution in [0.15, 0.2) is 12.4 Å². The summed E-state index contributed by atoms with van der Waals surface area (Å²) < 4.78 is 0. The van der Waals surface area contributed by atoms with Crippen LogP contribution in [0.25, 0.3) is 0 Å². The molecule has 1 aliphatic rings. The molecule has 0 aliphatic carbocycles. The van der Waals surface area contributed by atoms with Gasteiger partial charge in [-0.05, 0) is 20.5 Å². The Morgan fingerprint density at radius 2 is 2.18 bits per heavy atom. The minimum Gasteiger partial charge on any atom is -0.391 e. The van der Waals surface area contributed by atoms with Crippen molar-refractivity contribution in [2.45, 2.75) is 18.6 Å². The van der Waals surface area contributed by atoms with Crippen LogP contribution < -0.4 is 4.90 Å². The van der Waals surface area contributed by atoms with Gasteiger partial charge in [0.15, 0.2) is 11.0 Å². The zero-order valence-corrected chi connectivity index (χ0v) is 10.8. The molecule has 1 aliphatic heterocycles. The summed E-state index contributed by atoms with van der Waals surface area (Å²) in [7, 11) is 4.03. The number of aromatic nitrogens is 2. The van der Waals surface area contributed by atoms with Gasteiger partial charge in [-0.1, -0.05) is 11.6 Å². The Morgan fingerprint density at radius 1 is 1.47 bits per heavy atom. The molecule has 2 rings (SSSR count). The van der Waals surface area contributed by atoms with Gasteiger partial charge in [-0.25, -0.2) is 9.97 Å². The van der Waals surface area contributed by atoms with Gasteiger partial charge < -0.3 is 14.9 Å². The molecule has 1 saturated heterocycles. The van der Waals surface area contributed by atoms with Crippen LogP contribution in [0, 0.1) is 0 Å². The minimum atomic E-state index is -0.321. The fourth-order valence-corrected chi connectivity index (χ4v) is 2.47. The number of likely N-dealkylation sites (N-methyl/N-ethyl adjacent to an activating group) is 1. The fraction of sp³-hybridized carbons (Fsp3) is 0.636. The molecule has 5 nitrogen and oxygen atoms in total. The monoisotopic (exact) mass is 256 g/mol. The van der Waals surface area contributed by atoms with Crippen LogP contribution in [-0.4, -0.2) is 59.3 Å². The van der Waals surface area contributed by atoms with E-state index >= 15 is 0 Å². The highest BCUT2D eigenvalue weighted by atomic mass is 35.5. The van der Waals surface area contributed by atoms with E-state index < -0.39 is 0 Å². The summed E-state index contributed by atoms with van der Waals surface area (Å²) in [6, 6.07) is 0.231. The van der Waals surface area contributed by atoms with Crippen molar-refractivity contribution in [2.75, 3.05) is 32.1 Å². The number of halogens is 1. The third kappa shape index (κ3) is 2.86. The number of aliphatic hydroxyl groups excluding tert-OH is 1. The highest BCUT2D eigenvalue weighted by molar-refractivity contribution is 6.31. The van der Waals surface area contributed by atoms with Gasteiger partial charge in [0.05, 0.1) is 6.10 Å². The number of hydrogen-bond donors (Lipinski definition) is 1. The molecule has 2 atom stereocenters. The first-order valence-corrected chi connectivity index (χ1v) is 6.01. The maximum atomic E-state index is 9.78. The van der Waals surface area contributed by atoms with E-state index in [2.05, 4.69) is 14.9 Å². The molecule has 0 radical (unpaired) electrons. The summed E-state index contributed by atoms with van der Waals surface area (Å²) in [4.78, 5) is 12.4. The summed E-state index contributed by atoms with van der Waals surface area (Å²) in [5.41, 5.74) is 0. The SMILES string of the molecule is CN(C)CC1CC(O)CN1c1nccnc1Cl. The predicted molar refractivity (Wildman–Crippen MR) is 67.4 cm³/mol. The summed E-state index contributed by atoms with van der Waals surface area (Å²) >= 11 is 6.04. The molecule has 17 heavy (non-hydrogen) atoms. The van der Waals surface area contributed by atoms with E-state index in [0.29, 0.717) is 17.5 Å². The van der Waals surface area contributed by atoms with Gasteiger partial charge in [-0.15, -0.1) is 0 Å². The topological polar surface area (TPSA) is 52.5 Å². The first kappa shape index (κ1) is 12.5. The lowest BCUT2D eigenvalue weighted by atomic mass is 10.2.